The monoisotopic (exact) mass is 369 g/mol. The van der Waals surface area contributed by atoms with Gasteiger partial charge in [-0.25, -0.2) is 9.97 Å². The molecule has 3 heterocycles. The Hall–Kier alpha value is -2.58. The molecule has 4 aromatic rings. The molecule has 4 rings (SSSR count). The normalized spacial score (nSPS) is 11.1. The molecule has 0 spiro atoms. The Balaban J connectivity index is 1.61. The molecule has 0 fully saturated rings. The lowest BCUT2D eigenvalue weighted by Gasteiger charge is -2.05. The molecule has 8 heteroatoms. The molecule has 0 aliphatic rings. The summed E-state index contributed by atoms with van der Waals surface area (Å²) in [5.74, 6) is 0.501. The van der Waals surface area contributed by atoms with E-state index in [1.807, 2.05) is 49.6 Å². The first-order chi connectivity index (χ1) is 12.1. The summed E-state index contributed by atoms with van der Waals surface area (Å²) in [4.78, 5) is 21.3. The largest absolute Gasteiger partial charge is 0.310 e. The van der Waals surface area contributed by atoms with E-state index < -0.39 is 0 Å². The number of thiazole rings is 2. The van der Waals surface area contributed by atoms with Crippen LogP contribution in [-0.4, -0.2) is 25.7 Å². The molecule has 0 aliphatic heterocycles. The maximum atomic E-state index is 12.4. The van der Waals surface area contributed by atoms with Gasteiger partial charge in [0.05, 0.1) is 33.0 Å². The van der Waals surface area contributed by atoms with Gasteiger partial charge in [-0.3, -0.25) is 4.79 Å². The maximum absolute atomic E-state index is 12.4. The molecule has 6 nitrogen and oxygen atoms in total. The summed E-state index contributed by atoms with van der Waals surface area (Å²) in [5.41, 5.74) is 2.52. The summed E-state index contributed by atoms with van der Waals surface area (Å²) in [5, 5.41) is 11.0. The first-order valence-electron chi connectivity index (χ1n) is 7.72. The summed E-state index contributed by atoms with van der Waals surface area (Å²) >= 11 is 3.08. The van der Waals surface area contributed by atoms with E-state index in [2.05, 4.69) is 20.4 Å². The molecule has 126 valence electrons. The van der Waals surface area contributed by atoms with Crippen molar-refractivity contribution in [3.8, 4) is 5.13 Å². The summed E-state index contributed by atoms with van der Waals surface area (Å²) in [6.07, 6.45) is 0.244. The number of carbonyl (C=O) groups is 1. The third-order valence-corrected chi connectivity index (χ3v) is 5.41. The second-order valence-corrected chi connectivity index (χ2v) is 7.70. The van der Waals surface area contributed by atoms with Crippen molar-refractivity contribution in [1.29, 1.82) is 0 Å². The van der Waals surface area contributed by atoms with Crippen LogP contribution in [0.25, 0.3) is 15.3 Å². The number of aryl methyl sites for hydroxylation is 2. The molecule has 0 atom stereocenters. The molecule has 0 aliphatic carbocycles. The van der Waals surface area contributed by atoms with Gasteiger partial charge in [0.15, 0.2) is 0 Å². The molecule has 0 saturated heterocycles. The van der Waals surface area contributed by atoms with Gasteiger partial charge in [-0.2, -0.15) is 9.78 Å². The summed E-state index contributed by atoms with van der Waals surface area (Å²) in [6.45, 7) is 3.82. The van der Waals surface area contributed by atoms with Crippen molar-refractivity contribution in [3.05, 3.63) is 52.1 Å². The second-order valence-electron chi connectivity index (χ2n) is 5.63. The van der Waals surface area contributed by atoms with Crippen molar-refractivity contribution in [1.82, 2.24) is 19.7 Å². The number of nitrogens with one attached hydrogen (secondary N) is 1. The number of fused-ring (bicyclic) bond motifs is 1. The van der Waals surface area contributed by atoms with Crippen molar-refractivity contribution in [2.45, 2.75) is 20.3 Å². The van der Waals surface area contributed by atoms with Crippen molar-refractivity contribution in [2.75, 3.05) is 5.32 Å². The van der Waals surface area contributed by atoms with Crippen LogP contribution in [-0.2, 0) is 11.2 Å². The maximum Gasteiger partial charge on any atom is 0.231 e. The van der Waals surface area contributed by atoms with Crippen molar-refractivity contribution in [3.63, 3.8) is 0 Å². The Morgan fingerprint density at radius 2 is 2.08 bits per heavy atom. The lowest BCUT2D eigenvalue weighted by Crippen LogP contribution is -2.17. The van der Waals surface area contributed by atoms with Crippen LogP contribution in [0.4, 0.5) is 5.82 Å². The van der Waals surface area contributed by atoms with E-state index in [0.29, 0.717) is 5.82 Å². The average molecular weight is 369 g/mol. The molecular formula is C17H15N5OS2. The molecule has 0 bridgehead atoms. The third kappa shape index (κ3) is 3.31. The fourth-order valence-electron chi connectivity index (χ4n) is 2.53. The van der Waals surface area contributed by atoms with Crippen LogP contribution in [0.5, 0.6) is 0 Å². The minimum absolute atomic E-state index is 0.118. The van der Waals surface area contributed by atoms with Crippen LogP contribution in [0.1, 0.15) is 16.4 Å². The number of aromatic nitrogens is 4. The standard InChI is InChI=1S/C17H15N5OS2/c1-10-7-15(20-16(23)8-12-9-24-11(2)18-12)22(21-10)17-19-13-5-3-4-6-14(13)25-17/h3-7,9H,8H2,1-2H3,(H,20,23). The summed E-state index contributed by atoms with van der Waals surface area (Å²) in [6, 6.07) is 9.77. The van der Waals surface area contributed by atoms with Gasteiger partial charge in [0, 0.05) is 11.4 Å². The fraction of sp³-hybridized carbons (Fsp3) is 0.176. The van der Waals surface area contributed by atoms with Gasteiger partial charge in [-0.05, 0) is 26.0 Å². The molecule has 1 amide bonds. The van der Waals surface area contributed by atoms with Gasteiger partial charge in [-0.1, -0.05) is 23.5 Å². The van der Waals surface area contributed by atoms with Gasteiger partial charge >= 0.3 is 0 Å². The number of amides is 1. The SMILES string of the molecule is Cc1cc(NC(=O)Cc2csc(C)n2)n(-c2nc3ccccc3s2)n1. The van der Waals surface area contributed by atoms with Gasteiger partial charge < -0.3 is 5.32 Å². The summed E-state index contributed by atoms with van der Waals surface area (Å²) < 4.78 is 2.77. The van der Waals surface area contributed by atoms with Crippen LogP contribution < -0.4 is 5.32 Å². The number of carbonyl (C=O) groups excluding carboxylic acids is 1. The van der Waals surface area contributed by atoms with Crippen LogP contribution in [0.3, 0.4) is 0 Å². The topological polar surface area (TPSA) is 72.7 Å². The number of rotatable bonds is 4. The second kappa shape index (κ2) is 6.38. The zero-order valence-electron chi connectivity index (χ0n) is 13.7. The van der Waals surface area contributed by atoms with Crippen LogP contribution in [0, 0.1) is 13.8 Å². The highest BCUT2D eigenvalue weighted by atomic mass is 32.1. The molecule has 3 aromatic heterocycles. The first kappa shape index (κ1) is 15.9. The van der Waals surface area contributed by atoms with E-state index in [9.17, 15) is 4.79 Å². The molecule has 1 aromatic carbocycles. The number of hydrogen-bond acceptors (Lipinski definition) is 6. The minimum atomic E-state index is -0.118. The highest BCUT2D eigenvalue weighted by Crippen LogP contribution is 2.27. The Morgan fingerprint density at radius 3 is 2.84 bits per heavy atom. The molecule has 0 saturated carbocycles. The zero-order chi connectivity index (χ0) is 17.4. The third-order valence-electron chi connectivity index (χ3n) is 3.57. The highest BCUT2D eigenvalue weighted by Gasteiger charge is 2.15. The lowest BCUT2D eigenvalue weighted by atomic mass is 10.3. The quantitative estimate of drug-likeness (QED) is 0.595. The summed E-state index contributed by atoms with van der Waals surface area (Å²) in [7, 11) is 0. The number of anilines is 1. The van der Waals surface area contributed by atoms with E-state index in [4.69, 9.17) is 0 Å². The average Bonchev–Trinajstić information content (AvgIpc) is 3.25. The predicted octanol–water partition coefficient (Wildman–Crippen LogP) is 3.74. The Labute approximate surface area is 152 Å². The molecular weight excluding hydrogens is 354 g/mol. The Kier molecular flexibility index (Phi) is 4.06. The van der Waals surface area contributed by atoms with Crippen molar-refractivity contribution < 1.29 is 4.79 Å². The number of para-hydroxylation sites is 1. The fourth-order valence-corrected chi connectivity index (χ4v) is 4.07. The van der Waals surface area contributed by atoms with Gasteiger partial charge in [0.1, 0.15) is 5.82 Å². The Morgan fingerprint density at radius 1 is 1.24 bits per heavy atom. The predicted molar refractivity (Wildman–Crippen MR) is 101 cm³/mol. The number of nitrogens with zero attached hydrogens (tertiary/aromatic N) is 4. The van der Waals surface area contributed by atoms with E-state index in [1.165, 1.54) is 11.3 Å². The lowest BCUT2D eigenvalue weighted by molar-refractivity contribution is -0.115. The van der Waals surface area contributed by atoms with Crippen LogP contribution in [0.2, 0.25) is 0 Å². The van der Waals surface area contributed by atoms with Gasteiger partial charge in [0.2, 0.25) is 11.0 Å². The van der Waals surface area contributed by atoms with E-state index in [-0.39, 0.29) is 12.3 Å². The van der Waals surface area contributed by atoms with E-state index in [1.54, 1.807) is 16.0 Å². The minimum Gasteiger partial charge on any atom is -0.310 e. The van der Waals surface area contributed by atoms with E-state index >= 15 is 0 Å². The molecule has 0 unspecified atom stereocenters. The zero-order valence-corrected chi connectivity index (χ0v) is 15.3. The Bertz CT molecular complexity index is 1030. The smallest absolute Gasteiger partial charge is 0.231 e. The van der Waals surface area contributed by atoms with Gasteiger partial charge in [-0.15, -0.1) is 11.3 Å². The van der Waals surface area contributed by atoms with E-state index in [0.717, 1.165) is 31.7 Å². The molecule has 1 N–H and O–H groups in total. The molecule has 25 heavy (non-hydrogen) atoms. The van der Waals surface area contributed by atoms with Crippen molar-refractivity contribution >= 4 is 44.6 Å². The van der Waals surface area contributed by atoms with Crippen LogP contribution >= 0.6 is 22.7 Å². The van der Waals surface area contributed by atoms with Crippen molar-refractivity contribution in [2.24, 2.45) is 0 Å². The number of hydrogen-bond donors (Lipinski definition) is 1. The number of benzene rings is 1. The van der Waals surface area contributed by atoms with Crippen LogP contribution in [0.15, 0.2) is 35.7 Å². The molecule has 0 radical (unpaired) electrons. The highest BCUT2D eigenvalue weighted by molar-refractivity contribution is 7.20. The first-order valence-corrected chi connectivity index (χ1v) is 9.41. The van der Waals surface area contributed by atoms with Gasteiger partial charge in [0.25, 0.3) is 0 Å².